The second-order valence-corrected chi connectivity index (χ2v) is 8.68. The first kappa shape index (κ1) is 27.2. The zero-order chi connectivity index (χ0) is 27.0. The first-order valence-electron chi connectivity index (χ1n) is 10.1. The van der Waals surface area contributed by atoms with Crippen molar-refractivity contribution in [3.63, 3.8) is 0 Å². The molecule has 0 radical (unpaired) electrons. The monoisotopic (exact) mass is 577 g/mol. The number of pyridine rings is 1. The summed E-state index contributed by atoms with van der Waals surface area (Å²) in [5, 5.41) is 6.74. The van der Waals surface area contributed by atoms with Gasteiger partial charge in [0.2, 0.25) is 5.91 Å². The summed E-state index contributed by atoms with van der Waals surface area (Å²) in [5.74, 6) is -1.13. The molecule has 1 unspecified atom stereocenters. The van der Waals surface area contributed by atoms with Crippen LogP contribution in [0.15, 0.2) is 47.1 Å². The van der Waals surface area contributed by atoms with E-state index in [2.05, 4.69) is 31.3 Å². The maximum absolute atomic E-state index is 13.3. The Kier molecular flexibility index (Phi) is 7.48. The van der Waals surface area contributed by atoms with E-state index in [4.69, 9.17) is 0 Å². The van der Waals surface area contributed by atoms with Crippen LogP contribution in [0.5, 0.6) is 0 Å². The standard InChI is InChI=1S/C22H18BrF6N5O2/c1-11(17-9-18(31-12(2)35)32-34(17)19-5-4-16(23)10-30-19)33(3)20(36)13-6-14(21(24,25)26)8-15(7-13)22(27,28)29/h4-11H,1-3H3,(H,31,32,35). The summed E-state index contributed by atoms with van der Waals surface area (Å²) in [6, 6.07) is 4.44. The number of hydrogen-bond acceptors (Lipinski definition) is 4. The summed E-state index contributed by atoms with van der Waals surface area (Å²) in [6.45, 7) is 2.75. The fraction of sp³-hybridized carbons (Fsp3) is 0.273. The highest BCUT2D eigenvalue weighted by Crippen LogP contribution is 2.37. The van der Waals surface area contributed by atoms with Crippen molar-refractivity contribution in [2.45, 2.75) is 32.2 Å². The molecule has 1 N–H and O–H groups in total. The smallest absolute Gasteiger partial charge is 0.333 e. The Hall–Kier alpha value is -3.42. The lowest BCUT2D eigenvalue weighted by Gasteiger charge is -2.26. The molecule has 0 saturated heterocycles. The molecule has 2 aromatic heterocycles. The second-order valence-electron chi connectivity index (χ2n) is 7.77. The van der Waals surface area contributed by atoms with Gasteiger partial charge in [0.25, 0.3) is 5.91 Å². The molecule has 0 aliphatic carbocycles. The van der Waals surface area contributed by atoms with Crippen LogP contribution in [0.4, 0.5) is 32.2 Å². The molecule has 0 fully saturated rings. The molecule has 0 bridgehead atoms. The quantitative estimate of drug-likeness (QED) is 0.385. The summed E-state index contributed by atoms with van der Waals surface area (Å²) >= 11 is 3.25. The number of rotatable bonds is 5. The third-order valence-electron chi connectivity index (χ3n) is 5.13. The van der Waals surface area contributed by atoms with E-state index in [9.17, 15) is 35.9 Å². The third-order valence-corrected chi connectivity index (χ3v) is 5.60. The van der Waals surface area contributed by atoms with Gasteiger partial charge in [-0.3, -0.25) is 9.59 Å². The van der Waals surface area contributed by atoms with Crippen molar-refractivity contribution in [2.24, 2.45) is 0 Å². The molecule has 14 heteroatoms. The molecule has 7 nitrogen and oxygen atoms in total. The van der Waals surface area contributed by atoms with Crippen molar-refractivity contribution in [2.75, 3.05) is 12.4 Å². The maximum Gasteiger partial charge on any atom is 0.416 e. The minimum absolute atomic E-state index is 0.0474. The van der Waals surface area contributed by atoms with Gasteiger partial charge in [0.05, 0.1) is 22.9 Å². The lowest BCUT2D eigenvalue weighted by atomic mass is 10.0. The van der Waals surface area contributed by atoms with Gasteiger partial charge in [0, 0.05) is 36.3 Å². The van der Waals surface area contributed by atoms with E-state index in [-0.39, 0.29) is 23.4 Å². The first-order chi connectivity index (χ1) is 16.6. The number of anilines is 1. The van der Waals surface area contributed by atoms with Crippen molar-refractivity contribution >= 4 is 33.6 Å². The topological polar surface area (TPSA) is 80.1 Å². The largest absolute Gasteiger partial charge is 0.416 e. The molecule has 0 saturated carbocycles. The van der Waals surface area contributed by atoms with Gasteiger partial charge in [0.15, 0.2) is 11.6 Å². The summed E-state index contributed by atoms with van der Waals surface area (Å²) < 4.78 is 81.5. The number of nitrogens with zero attached hydrogens (tertiary/aromatic N) is 4. The minimum Gasteiger partial charge on any atom is -0.333 e. The number of halogens is 7. The number of amides is 2. The molecule has 3 rings (SSSR count). The molecule has 192 valence electrons. The summed E-state index contributed by atoms with van der Waals surface area (Å²) in [5.41, 5.74) is -3.70. The van der Waals surface area contributed by atoms with Crippen LogP contribution in [0.2, 0.25) is 0 Å². The zero-order valence-electron chi connectivity index (χ0n) is 18.9. The lowest BCUT2D eigenvalue weighted by molar-refractivity contribution is -0.143. The van der Waals surface area contributed by atoms with Crippen LogP contribution in [-0.4, -0.2) is 38.5 Å². The van der Waals surface area contributed by atoms with Crippen molar-refractivity contribution in [3.8, 4) is 5.82 Å². The molecule has 3 aromatic rings. The van der Waals surface area contributed by atoms with Gasteiger partial charge in [-0.05, 0) is 53.2 Å². The normalized spacial score (nSPS) is 12.8. The zero-order valence-corrected chi connectivity index (χ0v) is 20.5. The number of aromatic nitrogens is 3. The van der Waals surface area contributed by atoms with Crippen LogP contribution < -0.4 is 5.32 Å². The van der Waals surface area contributed by atoms with E-state index in [1.54, 1.807) is 12.1 Å². The average Bonchev–Trinajstić information content (AvgIpc) is 3.19. The van der Waals surface area contributed by atoms with E-state index in [1.165, 1.54) is 37.8 Å². The second kappa shape index (κ2) is 9.91. The van der Waals surface area contributed by atoms with E-state index in [0.717, 1.165) is 4.90 Å². The SMILES string of the molecule is CC(=O)Nc1cc(C(C)N(C)C(=O)c2cc(C(F)(F)F)cc(C(F)(F)F)c2)n(-c2ccc(Br)cn2)n1. The van der Waals surface area contributed by atoms with Crippen molar-refractivity contribution in [1.82, 2.24) is 19.7 Å². The molecule has 1 atom stereocenters. The Bertz CT molecular complexity index is 1260. The first-order valence-corrected chi connectivity index (χ1v) is 10.9. The van der Waals surface area contributed by atoms with Crippen LogP contribution in [0, 0.1) is 0 Å². The Labute approximate surface area is 209 Å². The van der Waals surface area contributed by atoms with Crippen LogP contribution in [0.25, 0.3) is 5.82 Å². The predicted molar refractivity (Wildman–Crippen MR) is 120 cm³/mol. The highest BCUT2D eigenvalue weighted by atomic mass is 79.9. The van der Waals surface area contributed by atoms with Crippen LogP contribution in [0.3, 0.4) is 0 Å². The van der Waals surface area contributed by atoms with Crippen molar-refractivity contribution in [1.29, 1.82) is 0 Å². The van der Waals surface area contributed by atoms with Gasteiger partial charge < -0.3 is 10.2 Å². The van der Waals surface area contributed by atoms with Gasteiger partial charge in [-0.1, -0.05) is 0 Å². The number of carbonyl (C=O) groups excluding carboxylic acids is 2. The Morgan fingerprint density at radius 2 is 1.61 bits per heavy atom. The molecular formula is C22H18BrF6N5O2. The van der Waals surface area contributed by atoms with Gasteiger partial charge in [-0.25, -0.2) is 9.67 Å². The van der Waals surface area contributed by atoms with Crippen LogP contribution in [0.1, 0.15) is 47.1 Å². The van der Waals surface area contributed by atoms with Crippen LogP contribution in [-0.2, 0) is 17.1 Å². The number of alkyl halides is 6. The molecular weight excluding hydrogens is 560 g/mol. The van der Waals surface area contributed by atoms with Gasteiger partial charge >= 0.3 is 12.4 Å². The van der Waals surface area contributed by atoms with Gasteiger partial charge in [-0.2, -0.15) is 26.3 Å². The average molecular weight is 578 g/mol. The van der Waals surface area contributed by atoms with E-state index in [0.29, 0.717) is 16.6 Å². The molecule has 2 heterocycles. The van der Waals surface area contributed by atoms with Crippen LogP contribution >= 0.6 is 15.9 Å². The molecule has 0 aliphatic heterocycles. The number of hydrogen-bond donors (Lipinski definition) is 1. The highest BCUT2D eigenvalue weighted by Gasteiger charge is 2.38. The number of nitrogens with one attached hydrogen (secondary N) is 1. The summed E-state index contributed by atoms with van der Waals surface area (Å²) in [6.07, 6.45) is -8.72. The van der Waals surface area contributed by atoms with E-state index in [1.807, 2.05) is 0 Å². The van der Waals surface area contributed by atoms with Crippen molar-refractivity contribution in [3.05, 3.63) is 69.5 Å². The number of carbonyl (C=O) groups is 2. The molecule has 2 amide bonds. The summed E-state index contributed by atoms with van der Waals surface area (Å²) in [4.78, 5) is 29.8. The predicted octanol–water partition coefficient (Wildman–Crippen LogP) is 5.86. The number of benzene rings is 1. The molecule has 1 aromatic carbocycles. The van der Waals surface area contributed by atoms with Crippen molar-refractivity contribution < 1.29 is 35.9 Å². The highest BCUT2D eigenvalue weighted by molar-refractivity contribution is 9.10. The molecule has 36 heavy (non-hydrogen) atoms. The lowest BCUT2D eigenvalue weighted by Crippen LogP contribution is -2.31. The fourth-order valence-electron chi connectivity index (χ4n) is 3.27. The maximum atomic E-state index is 13.3. The minimum atomic E-state index is -5.10. The van der Waals surface area contributed by atoms with Gasteiger partial charge in [0.1, 0.15) is 0 Å². The Balaban J connectivity index is 2.05. The van der Waals surface area contributed by atoms with E-state index >= 15 is 0 Å². The third kappa shape index (κ3) is 6.04. The summed E-state index contributed by atoms with van der Waals surface area (Å²) in [7, 11) is 1.23. The van der Waals surface area contributed by atoms with E-state index < -0.39 is 46.9 Å². The Morgan fingerprint density at radius 1 is 1.03 bits per heavy atom. The molecule has 0 spiro atoms. The molecule has 0 aliphatic rings. The van der Waals surface area contributed by atoms with Gasteiger partial charge in [-0.15, -0.1) is 5.10 Å². The fourth-order valence-corrected chi connectivity index (χ4v) is 3.50. The Morgan fingerprint density at radius 3 is 2.08 bits per heavy atom.